The van der Waals surface area contributed by atoms with Crippen LogP contribution in [0.25, 0.3) is 0 Å². The van der Waals surface area contributed by atoms with Gasteiger partial charge in [0.05, 0.1) is 5.69 Å². The minimum atomic E-state index is -0.307. The predicted molar refractivity (Wildman–Crippen MR) is 63.5 cm³/mol. The van der Waals surface area contributed by atoms with Gasteiger partial charge in [-0.15, -0.1) is 0 Å². The molecule has 1 aliphatic rings. The molecule has 0 radical (unpaired) electrons. The first-order chi connectivity index (χ1) is 7.65. The number of hydrogen-bond acceptors (Lipinski definition) is 4. The van der Waals surface area contributed by atoms with Gasteiger partial charge < -0.3 is 16.1 Å². The number of halogens is 1. The lowest BCUT2D eigenvalue weighted by molar-refractivity contribution is 0.178. The fraction of sp³-hybridized carbons (Fsp3) is 0.455. The van der Waals surface area contributed by atoms with E-state index in [2.05, 4.69) is 17.4 Å². The van der Waals surface area contributed by atoms with Crippen LogP contribution in [0.4, 0.5) is 15.8 Å². The molecule has 4 nitrogen and oxygen atoms in total. The van der Waals surface area contributed by atoms with Crippen LogP contribution in [-0.4, -0.2) is 43.1 Å². The Morgan fingerprint density at radius 3 is 2.56 bits per heavy atom. The molecule has 0 atom stereocenters. The number of nitrogens with two attached hydrogens (primary N) is 1. The van der Waals surface area contributed by atoms with Gasteiger partial charge in [0.1, 0.15) is 5.82 Å². The van der Waals surface area contributed by atoms with E-state index >= 15 is 0 Å². The third kappa shape index (κ3) is 2.62. The largest absolute Gasteiger partial charge is 0.399 e. The van der Waals surface area contributed by atoms with E-state index < -0.39 is 0 Å². The van der Waals surface area contributed by atoms with Crippen molar-refractivity contribution in [3.8, 4) is 0 Å². The normalized spacial score (nSPS) is 18.6. The summed E-state index contributed by atoms with van der Waals surface area (Å²) in [4.78, 5) is 2.25. The molecule has 1 aromatic carbocycles. The van der Waals surface area contributed by atoms with Crippen LogP contribution in [0, 0.1) is 5.82 Å². The molecule has 1 saturated heterocycles. The molecule has 0 aromatic heterocycles. The summed E-state index contributed by atoms with van der Waals surface area (Å²) in [5.74, 6) is -0.307. The fourth-order valence-electron chi connectivity index (χ4n) is 1.71. The molecule has 3 N–H and O–H groups in total. The van der Waals surface area contributed by atoms with Gasteiger partial charge in [0.15, 0.2) is 0 Å². The Labute approximate surface area is 94.8 Å². The van der Waals surface area contributed by atoms with Crippen LogP contribution in [0.3, 0.4) is 0 Å². The Morgan fingerprint density at radius 1 is 1.25 bits per heavy atom. The number of hydrogen-bond donors (Lipinski definition) is 2. The van der Waals surface area contributed by atoms with Crippen LogP contribution in [0.5, 0.6) is 0 Å². The maximum atomic E-state index is 13.5. The van der Waals surface area contributed by atoms with Gasteiger partial charge in [0.2, 0.25) is 0 Å². The van der Waals surface area contributed by atoms with Crippen molar-refractivity contribution in [2.75, 3.05) is 44.4 Å². The molecule has 0 unspecified atom stereocenters. The van der Waals surface area contributed by atoms with Gasteiger partial charge in [-0.3, -0.25) is 0 Å². The molecular weight excluding hydrogens is 207 g/mol. The second-order valence-corrected chi connectivity index (χ2v) is 4.14. The number of likely N-dealkylation sites (N-methyl/N-ethyl adjacent to an activating group) is 1. The SMILES string of the molecule is CN1CCN(Nc2ccc(N)cc2F)CC1. The van der Waals surface area contributed by atoms with Crippen molar-refractivity contribution in [2.45, 2.75) is 0 Å². The number of anilines is 2. The van der Waals surface area contributed by atoms with Gasteiger partial charge in [0.25, 0.3) is 0 Å². The Kier molecular flexibility index (Phi) is 3.26. The van der Waals surface area contributed by atoms with E-state index in [-0.39, 0.29) is 5.82 Å². The zero-order chi connectivity index (χ0) is 11.5. The first kappa shape index (κ1) is 11.2. The highest BCUT2D eigenvalue weighted by Gasteiger charge is 2.14. The highest BCUT2D eigenvalue weighted by Crippen LogP contribution is 2.17. The summed E-state index contributed by atoms with van der Waals surface area (Å²) in [6.45, 7) is 3.76. The molecule has 5 heteroatoms. The molecule has 1 fully saturated rings. The number of nitrogens with zero attached hydrogens (tertiary/aromatic N) is 2. The van der Waals surface area contributed by atoms with Gasteiger partial charge in [-0.05, 0) is 25.2 Å². The van der Waals surface area contributed by atoms with Crippen LogP contribution < -0.4 is 11.2 Å². The van der Waals surface area contributed by atoms with Crippen molar-refractivity contribution >= 4 is 11.4 Å². The van der Waals surface area contributed by atoms with Gasteiger partial charge in [0, 0.05) is 31.9 Å². The zero-order valence-electron chi connectivity index (χ0n) is 9.41. The van der Waals surface area contributed by atoms with Gasteiger partial charge in [-0.25, -0.2) is 9.40 Å². The summed E-state index contributed by atoms with van der Waals surface area (Å²) < 4.78 is 13.5. The van der Waals surface area contributed by atoms with E-state index in [4.69, 9.17) is 5.73 Å². The molecule has 88 valence electrons. The lowest BCUT2D eigenvalue weighted by Gasteiger charge is -2.33. The van der Waals surface area contributed by atoms with Crippen LogP contribution in [0.2, 0.25) is 0 Å². The number of nitrogen functional groups attached to an aromatic ring is 1. The molecule has 0 aliphatic carbocycles. The molecule has 0 saturated carbocycles. The molecule has 1 aliphatic heterocycles. The standard InChI is InChI=1S/C11H17FN4/c1-15-4-6-16(7-5-15)14-11-3-2-9(13)8-10(11)12/h2-3,8,14H,4-7,13H2,1H3. The number of benzene rings is 1. The topological polar surface area (TPSA) is 44.5 Å². The smallest absolute Gasteiger partial charge is 0.149 e. The maximum absolute atomic E-state index is 13.5. The molecule has 0 spiro atoms. The monoisotopic (exact) mass is 224 g/mol. The summed E-state index contributed by atoms with van der Waals surface area (Å²) in [5.41, 5.74) is 9.49. The van der Waals surface area contributed by atoms with E-state index in [1.54, 1.807) is 12.1 Å². The molecule has 2 rings (SSSR count). The third-order valence-electron chi connectivity index (χ3n) is 2.77. The number of nitrogens with one attached hydrogen (secondary N) is 1. The maximum Gasteiger partial charge on any atom is 0.149 e. The third-order valence-corrected chi connectivity index (χ3v) is 2.77. The van der Waals surface area contributed by atoms with Gasteiger partial charge >= 0.3 is 0 Å². The quantitative estimate of drug-likeness (QED) is 0.735. The molecule has 1 heterocycles. The van der Waals surface area contributed by atoms with Gasteiger partial charge in [-0.2, -0.15) is 0 Å². The minimum Gasteiger partial charge on any atom is -0.399 e. The van der Waals surface area contributed by atoms with E-state index in [0.717, 1.165) is 26.2 Å². The van der Waals surface area contributed by atoms with Crippen molar-refractivity contribution in [3.63, 3.8) is 0 Å². The first-order valence-electron chi connectivity index (χ1n) is 5.40. The van der Waals surface area contributed by atoms with E-state index in [1.807, 2.05) is 5.01 Å². The second-order valence-electron chi connectivity index (χ2n) is 4.14. The van der Waals surface area contributed by atoms with Gasteiger partial charge in [-0.1, -0.05) is 0 Å². The summed E-state index contributed by atoms with van der Waals surface area (Å²) in [7, 11) is 2.08. The molecule has 0 bridgehead atoms. The van der Waals surface area contributed by atoms with Crippen LogP contribution in [0.15, 0.2) is 18.2 Å². The van der Waals surface area contributed by atoms with Crippen molar-refractivity contribution in [1.82, 2.24) is 9.91 Å². The number of rotatable bonds is 2. The molecular formula is C11H17FN4. The molecule has 16 heavy (non-hydrogen) atoms. The summed E-state index contributed by atoms with van der Waals surface area (Å²) in [6, 6.07) is 4.70. The summed E-state index contributed by atoms with van der Waals surface area (Å²) >= 11 is 0. The summed E-state index contributed by atoms with van der Waals surface area (Å²) in [5, 5.41) is 2.02. The highest BCUT2D eigenvalue weighted by atomic mass is 19.1. The zero-order valence-corrected chi connectivity index (χ0v) is 9.41. The predicted octanol–water partition coefficient (Wildman–Crippen LogP) is 0.982. The van der Waals surface area contributed by atoms with E-state index in [1.165, 1.54) is 6.07 Å². The average Bonchev–Trinajstić information content (AvgIpc) is 2.25. The highest BCUT2D eigenvalue weighted by molar-refractivity contribution is 5.52. The van der Waals surface area contributed by atoms with Crippen molar-refractivity contribution in [3.05, 3.63) is 24.0 Å². The summed E-state index contributed by atoms with van der Waals surface area (Å²) in [6.07, 6.45) is 0. The van der Waals surface area contributed by atoms with Crippen molar-refractivity contribution < 1.29 is 4.39 Å². The Hall–Kier alpha value is -1.33. The van der Waals surface area contributed by atoms with Crippen LogP contribution in [0.1, 0.15) is 0 Å². The van der Waals surface area contributed by atoms with E-state index in [9.17, 15) is 4.39 Å². The average molecular weight is 224 g/mol. The number of piperazine rings is 1. The minimum absolute atomic E-state index is 0.307. The Balaban J connectivity index is 1.98. The molecule has 1 aromatic rings. The lowest BCUT2D eigenvalue weighted by atomic mass is 10.3. The van der Waals surface area contributed by atoms with E-state index in [0.29, 0.717) is 11.4 Å². The van der Waals surface area contributed by atoms with Crippen LogP contribution in [-0.2, 0) is 0 Å². The van der Waals surface area contributed by atoms with Crippen molar-refractivity contribution in [1.29, 1.82) is 0 Å². The fourth-order valence-corrected chi connectivity index (χ4v) is 1.71. The molecule has 0 amide bonds. The Bertz CT molecular complexity index is 361. The lowest BCUT2D eigenvalue weighted by Crippen LogP contribution is -2.47. The van der Waals surface area contributed by atoms with Crippen molar-refractivity contribution in [2.24, 2.45) is 0 Å². The second kappa shape index (κ2) is 4.67. The van der Waals surface area contributed by atoms with Crippen LogP contribution >= 0.6 is 0 Å². The number of hydrazine groups is 1. The Morgan fingerprint density at radius 2 is 1.94 bits per heavy atom. The first-order valence-corrected chi connectivity index (χ1v) is 5.40.